The third-order valence-electron chi connectivity index (χ3n) is 7.77. The number of nitrogens with one attached hydrogen (secondary N) is 2. The minimum atomic E-state index is -0.0661. The van der Waals surface area contributed by atoms with Gasteiger partial charge in [0.25, 0.3) is 5.91 Å². The Labute approximate surface area is 232 Å². The van der Waals surface area contributed by atoms with Gasteiger partial charge in [0.05, 0.1) is 19.7 Å². The highest BCUT2D eigenvalue weighted by atomic mass is 16.3. The average Bonchev–Trinajstić information content (AvgIpc) is 3.67. The van der Waals surface area contributed by atoms with E-state index in [-0.39, 0.29) is 12.5 Å². The largest absolute Gasteiger partial charge is 0.395 e. The fraction of sp³-hybridized carbons (Fsp3) is 0.567. The van der Waals surface area contributed by atoms with Crippen molar-refractivity contribution < 1.29 is 9.90 Å². The van der Waals surface area contributed by atoms with Crippen molar-refractivity contribution >= 4 is 5.91 Å². The van der Waals surface area contributed by atoms with Crippen molar-refractivity contribution in [3.05, 3.63) is 71.8 Å². The average molecular weight is 536 g/mol. The number of amides is 1. The minimum absolute atomic E-state index is 0.0661. The van der Waals surface area contributed by atoms with Crippen molar-refractivity contribution in [2.45, 2.75) is 84.1 Å². The summed E-state index contributed by atoms with van der Waals surface area (Å²) in [4.78, 5) is 35.1. The molecule has 2 heterocycles. The molecule has 0 bridgehead atoms. The minimum Gasteiger partial charge on any atom is -0.395 e. The SMILES string of the molecule is CCCN(CCC)C1CCC(N(CCO)Cc2ccc(C(=O)N(Cc3ncc[nH]3)Cc3ncc[nH]3)cc2)CC1. The fourth-order valence-corrected chi connectivity index (χ4v) is 5.86. The molecule has 9 heteroatoms. The van der Waals surface area contributed by atoms with Gasteiger partial charge in [-0.05, 0) is 69.3 Å². The molecule has 3 N–H and O–H groups in total. The second kappa shape index (κ2) is 15.0. The van der Waals surface area contributed by atoms with Gasteiger partial charge in [-0.3, -0.25) is 9.69 Å². The number of carbonyl (C=O) groups excluding carboxylic acids is 1. The van der Waals surface area contributed by atoms with Crippen LogP contribution in [0.3, 0.4) is 0 Å². The van der Waals surface area contributed by atoms with Gasteiger partial charge in [-0.2, -0.15) is 0 Å². The van der Waals surface area contributed by atoms with Crippen LogP contribution in [0.1, 0.15) is 79.9 Å². The number of nitrogens with zero attached hydrogens (tertiary/aromatic N) is 5. The van der Waals surface area contributed by atoms with Crippen LogP contribution in [0.25, 0.3) is 0 Å². The molecule has 9 nitrogen and oxygen atoms in total. The van der Waals surface area contributed by atoms with Gasteiger partial charge >= 0.3 is 0 Å². The third kappa shape index (κ3) is 8.24. The van der Waals surface area contributed by atoms with Gasteiger partial charge in [0.15, 0.2) is 0 Å². The highest BCUT2D eigenvalue weighted by molar-refractivity contribution is 5.94. The molecule has 1 fully saturated rings. The molecule has 0 aliphatic heterocycles. The number of hydrogen-bond donors (Lipinski definition) is 3. The summed E-state index contributed by atoms with van der Waals surface area (Å²) < 4.78 is 0. The second-order valence-electron chi connectivity index (χ2n) is 10.6. The molecule has 0 radical (unpaired) electrons. The van der Waals surface area contributed by atoms with Crippen LogP contribution in [-0.4, -0.2) is 84.0 Å². The van der Waals surface area contributed by atoms with Crippen LogP contribution in [-0.2, 0) is 19.6 Å². The normalized spacial score (nSPS) is 17.7. The Hall–Kier alpha value is -3.01. The number of aromatic nitrogens is 4. The molecule has 212 valence electrons. The summed E-state index contributed by atoms with van der Waals surface area (Å²) in [7, 11) is 0. The smallest absolute Gasteiger partial charge is 0.254 e. The van der Waals surface area contributed by atoms with E-state index in [4.69, 9.17) is 0 Å². The van der Waals surface area contributed by atoms with Crippen LogP contribution in [0.4, 0.5) is 0 Å². The number of aromatic amines is 2. The van der Waals surface area contributed by atoms with Gasteiger partial charge in [-0.25, -0.2) is 9.97 Å². The molecule has 2 aromatic heterocycles. The second-order valence-corrected chi connectivity index (χ2v) is 10.6. The van der Waals surface area contributed by atoms with E-state index in [1.54, 1.807) is 29.7 Å². The summed E-state index contributed by atoms with van der Waals surface area (Å²) in [5.41, 5.74) is 1.79. The predicted octanol–water partition coefficient (Wildman–Crippen LogP) is 4.20. The van der Waals surface area contributed by atoms with Gasteiger partial charge in [0, 0.05) is 55.5 Å². The standard InChI is InChI=1S/C30H45N7O2/c1-3-17-35(18-4-2)26-9-11-27(12-10-26)36(19-20-38)21-24-5-7-25(8-6-24)30(39)37(22-28-31-13-14-32-28)23-29-33-15-16-34-29/h5-8,13-16,26-27,38H,3-4,9-12,17-23H2,1-2H3,(H,31,32)(H,33,34). The molecule has 39 heavy (non-hydrogen) atoms. The molecule has 0 unspecified atom stereocenters. The first-order valence-corrected chi connectivity index (χ1v) is 14.5. The molecule has 0 saturated heterocycles. The Kier molecular flexibility index (Phi) is 11.1. The predicted molar refractivity (Wildman–Crippen MR) is 153 cm³/mol. The van der Waals surface area contributed by atoms with Crippen molar-refractivity contribution in [2.24, 2.45) is 0 Å². The van der Waals surface area contributed by atoms with E-state index >= 15 is 0 Å². The number of rotatable bonds is 15. The van der Waals surface area contributed by atoms with Gasteiger partial charge in [-0.1, -0.05) is 26.0 Å². The number of imidazole rings is 2. The number of aliphatic hydroxyl groups is 1. The lowest BCUT2D eigenvalue weighted by Gasteiger charge is -2.40. The van der Waals surface area contributed by atoms with Gasteiger partial charge < -0.3 is 24.9 Å². The Morgan fingerprint density at radius 3 is 1.82 bits per heavy atom. The summed E-state index contributed by atoms with van der Waals surface area (Å²) >= 11 is 0. The number of carbonyl (C=O) groups is 1. The summed E-state index contributed by atoms with van der Waals surface area (Å²) in [6.07, 6.45) is 14.1. The van der Waals surface area contributed by atoms with Crippen molar-refractivity contribution in [3.63, 3.8) is 0 Å². The Morgan fingerprint density at radius 2 is 1.36 bits per heavy atom. The summed E-state index contributed by atoms with van der Waals surface area (Å²) in [5.74, 6) is 1.39. The topological polar surface area (TPSA) is 104 Å². The quantitative estimate of drug-likeness (QED) is 0.269. The summed E-state index contributed by atoms with van der Waals surface area (Å²) in [6.45, 7) is 9.26. The van der Waals surface area contributed by atoms with Crippen LogP contribution < -0.4 is 0 Å². The van der Waals surface area contributed by atoms with E-state index in [0.29, 0.717) is 37.3 Å². The monoisotopic (exact) mass is 535 g/mol. The van der Waals surface area contributed by atoms with E-state index in [9.17, 15) is 9.90 Å². The Balaban J connectivity index is 1.38. The van der Waals surface area contributed by atoms with Gasteiger partial charge in [0.1, 0.15) is 11.6 Å². The van der Waals surface area contributed by atoms with Crippen molar-refractivity contribution in [1.29, 1.82) is 0 Å². The lowest BCUT2D eigenvalue weighted by atomic mass is 9.88. The van der Waals surface area contributed by atoms with Crippen LogP contribution in [0, 0.1) is 0 Å². The molecule has 3 aromatic rings. The molecular weight excluding hydrogens is 490 g/mol. The van der Waals surface area contributed by atoms with Crippen LogP contribution in [0.15, 0.2) is 49.1 Å². The highest BCUT2D eigenvalue weighted by Crippen LogP contribution is 2.28. The van der Waals surface area contributed by atoms with Crippen LogP contribution in [0.2, 0.25) is 0 Å². The third-order valence-corrected chi connectivity index (χ3v) is 7.77. The molecule has 1 aliphatic carbocycles. The molecule has 4 rings (SSSR count). The molecule has 0 atom stereocenters. The maximum atomic E-state index is 13.5. The van der Waals surface area contributed by atoms with Crippen LogP contribution in [0.5, 0.6) is 0 Å². The van der Waals surface area contributed by atoms with Gasteiger partial charge in [0.2, 0.25) is 0 Å². The number of H-pyrrole nitrogens is 2. The molecule has 1 amide bonds. The first kappa shape index (κ1) is 29.0. The number of benzene rings is 1. The summed E-state index contributed by atoms with van der Waals surface area (Å²) in [6, 6.07) is 9.09. The van der Waals surface area contributed by atoms with Gasteiger partial charge in [-0.15, -0.1) is 0 Å². The first-order chi connectivity index (χ1) is 19.1. The van der Waals surface area contributed by atoms with Crippen molar-refractivity contribution in [2.75, 3.05) is 26.2 Å². The van der Waals surface area contributed by atoms with E-state index in [2.05, 4.69) is 43.6 Å². The van der Waals surface area contributed by atoms with Crippen molar-refractivity contribution in [3.8, 4) is 0 Å². The zero-order chi connectivity index (χ0) is 27.5. The Morgan fingerprint density at radius 1 is 0.821 bits per heavy atom. The Bertz CT molecular complexity index is 1030. The molecular formula is C30H45N7O2. The molecule has 0 spiro atoms. The fourth-order valence-electron chi connectivity index (χ4n) is 5.86. The first-order valence-electron chi connectivity index (χ1n) is 14.5. The van der Waals surface area contributed by atoms with Crippen molar-refractivity contribution in [1.82, 2.24) is 34.6 Å². The van der Waals surface area contributed by atoms with E-state index in [1.165, 1.54) is 51.6 Å². The highest BCUT2D eigenvalue weighted by Gasteiger charge is 2.28. The zero-order valence-corrected chi connectivity index (χ0v) is 23.6. The lowest BCUT2D eigenvalue weighted by Crippen LogP contribution is -2.45. The zero-order valence-electron chi connectivity index (χ0n) is 23.6. The molecule has 1 saturated carbocycles. The maximum Gasteiger partial charge on any atom is 0.254 e. The number of hydrogen-bond acceptors (Lipinski definition) is 6. The van der Waals surface area contributed by atoms with E-state index < -0.39 is 0 Å². The number of aliphatic hydroxyl groups excluding tert-OH is 1. The molecule has 1 aromatic carbocycles. The lowest BCUT2D eigenvalue weighted by molar-refractivity contribution is 0.0721. The maximum absolute atomic E-state index is 13.5. The summed E-state index contributed by atoms with van der Waals surface area (Å²) in [5, 5.41) is 9.80. The van der Waals surface area contributed by atoms with Crippen LogP contribution >= 0.6 is 0 Å². The molecule has 1 aliphatic rings. The van der Waals surface area contributed by atoms with E-state index in [0.717, 1.165) is 23.8 Å². The van der Waals surface area contributed by atoms with E-state index in [1.807, 2.05) is 24.3 Å².